The molecule has 2 aromatic rings. The summed E-state index contributed by atoms with van der Waals surface area (Å²) in [6.07, 6.45) is 2.95. The monoisotopic (exact) mass is 418 g/mol. The first-order valence-electron chi connectivity index (χ1n) is 9.97. The number of rotatable bonds is 7. The lowest BCUT2D eigenvalue weighted by Crippen LogP contribution is -2.53. The summed E-state index contributed by atoms with van der Waals surface area (Å²) in [6, 6.07) is 17.3. The molecular weight excluding hydrogens is 388 g/mol. The summed E-state index contributed by atoms with van der Waals surface area (Å²) in [4.78, 5) is 12.5. The van der Waals surface area contributed by atoms with E-state index in [-0.39, 0.29) is 30.8 Å². The Labute approximate surface area is 179 Å². The first-order chi connectivity index (χ1) is 13.5. The Morgan fingerprint density at radius 2 is 2.00 bits per heavy atom. The highest BCUT2D eigenvalue weighted by atomic mass is 35.5. The molecule has 4 N–H and O–H groups in total. The molecule has 1 aliphatic rings. The number of carbonyl (C=O) groups excluding carboxylic acids is 1. The van der Waals surface area contributed by atoms with Crippen LogP contribution in [0.15, 0.2) is 54.6 Å². The summed E-state index contributed by atoms with van der Waals surface area (Å²) in [6.45, 7) is 2.57. The smallest absolute Gasteiger partial charge is 0.225 e. The standard InChI is InChI=1S/C23H30N2O3.ClH/c1-23(24)13-6-5-12-20(23)22(27)25-15-21(26)18-10-7-11-19(14-18)28-16-17-8-3-2-4-9-17;/h2-4,7-11,14,20-21,26H,5-6,12-13,15-16,24H2,1H3,(H,25,27);1H. The third kappa shape index (κ3) is 6.46. The predicted octanol–water partition coefficient (Wildman–Crippen LogP) is 3.74. The van der Waals surface area contributed by atoms with Crippen LogP contribution in [0.3, 0.4) is 0 Å². The van der Waals surface area contributed by atoms with Crippen LogP contribution in [0.25, 0.3) is 0 Å². The maximum Gasteiger partial charge on any atom is 0.225 e. The van der Waals surface area contributed by atoms with Crippen molar-refractivity contribution in [3.63, 3.8) is 0 Å². The van der Waals surface area contributed by atoms with Gasteiger partial charge >= 0.3 is 0 Å². The normalized spacial score (nSPS) is 22.2. The molecule has 0 spiro atoms. The molecular formula is C23H31ClN2O3. The predicted molar refractivity (Wildman–Crippen MR) is 117 cm³/mol. The van der Waals surface area contributed by atoms with Gasteiger partial charge in [0.25, 0.3) is 0 Å². The van der Waals surface area contributed by atoms with Crippen molar-refractivity contribution in [3.05, 3.63) is 65.7 Å². The molecule has 5 nitrogen and oxygen atoms in total. The molecule has 0 aromatic heterocycles. The van der Waals surface area contributed by atoms with E-state index in [1.807, 2.05) is 61.5 Å². The van der Waals surface area contributed by atoms with Gasteiger partial charge in [0.1, 0.15) is 12.4 Å². The second-order valence-corrected chi connectivity index (χ2v) is 7.91. The number of nitrogens with one attached hydrogen (secondary N) is 1. The summed E-state index contributed by atoms with van der Waals surface area (Å²) in [5, 5.41) is 13.4. The number of carbonyl (C=O) groups is 1. The van der Waals surface area contributed by atoms with E-state index in [0.29, 0.717) is 17.9 Å². The molecule has 3 rings (SSSR count). The van der Waals surface area contributed by atoms with Crippen LogP contribution < -0.4 is 15.8 Å². The molecule has 3 atom stereocenters. The van der Waals surface area contributed by atoms with E-state index in [0.717, 1.165) is 31.2 Å². The van der Waals surface area contributed by atoms with Crippen LogP contribution in [-0.4, -0.2) is 23.1 Å². The van der Waals surface area contributed by atoms with E-state index in [9.17, 15) is 9.90 Å². The summed E-state index contributed by atoms with van der Waals surface area (Å²) >= 11 is 0. The van der Waals surface area contributed by atoms with Crippen molar-refractivity contribution in [3.8, 4) is 5.75 Å². The summed E-state index contributed by atoms with van der Waals surface area (Å²) in [5.74, 6) is 0.419. The summed E-state index contributed by atoms with van der Waals surface area (Å²) in [7, 11) is 0. The van der Waals surface area contributed by atoms with Gasteiger partial charge in [-0.15, -0.1) is 12.4 Å². The molecule has 2 aromatic carbocycles. The van der Waals surface area contributed by atoms with Gasteiger partial charge in [-0.3, -0.25) is 4.79 Å². The number of hydrogen-bond donors (Lipinski definition) is 3. The minimum absolute atomic E-state index is 0. The fourth-order valence-corrected chi connectivity index (χ4v) is 3.78. The van der Waals surface area contributed by atoms with Crippen molar-refractivity contribution < 1.29 is 14.6 Å². The first kappa shape index (κ1) is 23.2. The van der Waals surface area contributed by atoms with Gasteiger partial charge in [0.15, 0.2) is 0 Å². The number of hydrogen-bond acceptors (Lipinski definition) is 4. The van der Waals surface area contributed by atoms with Crippen molar-refractivity contribution in [1.29, 1.82) is 0 Å². The average Bonchev–Trinajstić information content (AvgIpc) is 2.71. The Morgan fingerprint density at radius 3 is 2.72 bits per heavy atom. The van der Waals surface area contributed by atoms with Crippen molar-refractivity contribution in [1.82, 2.24) is 5.32 Å². The number of amides is 1. The van der Waals surface area contributed by atoms with Crippen LogP contribution in [0.1, 0.15) is 49.8 Å². The Kier molecular flexibility index (Phi) is 8.50. The maximum atomic E-state index is 12.5. The van der Waals surface area contributed by atoms with Gasteiger partial charge in [-0.2, -0.15) is 0 Å². The van der Waals surface area contributed by atoms with Crippen LogP contribution in [0.2, 0.25) is 0 Å². The van der Waals surface area contributed by atoms with Crippen LogP contribution in [0.5, 0.6) is 5.75 Å². The average molecular weight is 419 g/mol. The summed E-state index contributed by atoms with van der Waals surface area (Å²) < 4.78 is 5.82. The number of halogens is 1. The van der Waals surface area contributed by atoms with E-state index >= 15 is 0 Å². The van der Waals surface area contributed by atoms with Gasteiger partial charge in [-0.1, -0.05) is 55.3 Å². The van der Waals surface area contributed by atoms with Crippen molar-refractivity contribution >= 4 is 18.3 Å². The van der Waals surface area contributed by atoms with Crippen molar-refractivity contribution in [2.45, 2.75) is 50.9 Å². The van der Waals surface area contributed by atoms with Crippen LogP contribution in [0, 0.1) is 5.92 Å². The zero-order valence-corrected chi connectivity index (χ0v) is 17.7. The van der Waals surface area contributed by atoms with Gasteiger partial charge in [0, 0.05) is 12.1 Å². The van der Waals surface area contributed by atoms with E-state index in [1.54, 1.807) is 0 Å². The Hall–Kier alpha value is -2.08. The van der Waals surface area contributed by atoms with Gasteiger partial charge < -0.3 is 20.9 Å². The zero-order chi connectivity index (χ0) is 20.0. The molecule has 0 saturated heterocycles. The molecule has 1 saturated carbocycles. The minimum Gasteiger partial charge on any atom is -0.489 e. The zero-order valence-electron chi connectivity index (χ0n) is 16.8. The molecule has 1 fully saturated rings. The Morgan fingerprint density at radius 1 is 1.24 bits per heavy atom. The van der Waals surface area contributed by atoms with E-state index in [4.69, 9.17) is 10.5 Å². The highest BCUT2D eigenvalue weighted by Gasteiger charge is 2.37. The van der Waals surface area contributed by atoms with E-state index in [1.165, 1.54) is 0 Å². The molecule has 0 radical (unpaired) electrons. The SMILES string of the molecule is CC1(N)CCCCC1C(=O)NCC(O)c1cccc(OCc2ccccc2)c1.Cl. The second kappa shape index (κ2) is 10.6. The molecule has 1 amide bonds. The molecule has 0 aliphatic heterocycles. The third-order valence-electron chi connectivity index (χ3n) is 5.53. The molecule has 29 heavy (non-hydrogen) atoms. The number of ether oxygens (including phenoxy) is 1. The number of aliphatic hydroxyl groups excluding tert-OH is 1. The molecule has 0 bridgehead atoms. The van der Waals surface area contributed by atoms with Gasteiger partial charge in [-0.05, 0) is 43.0 Å². The minimum atomic E-state index is -0.795. The summed E-state index contributed by atoms with van der Waals surface area (Å²) in [5.41, 5.74) is 7.62. The highest BCUT2D eigenvalue weighted by Crippen LogP contribution is 2.31. The van der Waals surface area contributed by atoms with Crippen molar-refractivity contribution in [2.75, 3.05) is 6.54 Å². The molecule has 0 heterocycles. The van der Waals surface area contributed by atoms with Gasteiger partial charge in [0.2, 0.25) is 5.91 Å². The van der Waals surface area contributed by atoms with E-state index < -0.39 is 11.6 Å². The first-order valence-corrected chi connectivity index (χ1v) is 9.97. The fourth-order valence-electron chi connectivity index (χ4n) is 3.78. The maximum absolute atomic E-state index is 12.5. The van der Waals surface area contributed by atoms with E-state index in [2.05, 4.69) is 5.32 Å². The topological polar surface area (TPSA) is 84.6 Å². The van der Waals surface area contributed by atoms with Crippen molar-refractivity contribution in [2.24, 2.45) is 11.7 Å². The lowest BCUT2D eigenvalue weighted by atomic mass is 9.74. The lowest BCUT2D eigenvalue weighted by Gasteiger charge is -2.37. The largest absolute Gasteiger partial charge is 0.489 e. The third-order valence-corrected chi connectivity index (χ3v) is 5.53. The highest BCUT2D eigenvalue weighted by molar-refractivity contribution is 5.85. The number of nitrogens with two attached hydrogens (primary N) is 1. The molecule has 1 aliphatic carbocycles. The molecule has 6 heteroatoms. The number of aliphatic hydroxyl groups is 1. The second-order valence-electron chi connectivity index (χ2n) is 7.91. The van der Waals surface area contributed by atoms with Crippen LogP contribution in [0.4, 0.5) is 0 Å². The molecule has 158 valence electrons. The quantitative estimate of drug-likeness (QED) is 0.639. The van der Waals surface area contributed by atoms with Crippen LogP contribution in [-0.2, 0) is 11.4 Å². The Bertz CT molecular complexity index is 783. The Balaban J connectivity index is 0.00000300. The number of benzene rings is 2. The van der Waals surface area contributed by atoms with Crippen LogP contribution >= 0.6 is 12.4 Å². The molecule has 3 unspecified atom stereocenters. The fraction of sp³-hybridized carbons (Fsp3) is 0.435. The lowest BCUT2D eigenvalue weighted by molar-refractivity contribution is -0.128. The van der Waals surface area contributed by atoms with Gasteiger partial charge in [0.05, 0.1) is 12.0 Å². The van der Waals surface area contributed by atoms with Gasteiger partial charge in [-0.25, -0.2) is 0 Å².